The number of amides is 1. The van der Waals surface area contributed by atoms with Crippen LogP contribution in [0.3, 0.4) is 0 Å². The van der Waals surface area contributed by atoms with E-state index in [0.29, 0.717) is 24.2 Å². The van der Waals surface area contributed by atoms with Gasteiger partial charge in [0.2, 0.25) is 0 Å². The van der Waals surface area contributed by atoms with Crippen molar-refractivity contribution >= 4 is 16.8 Å². The molecule has 7 heteroatoms. The lowest BCUT2D eigenvalue weighted by atomic mass is 10.1. The number of hydrogen-bond donors (Lipinski definition) is 1. The van der Waals surface area contributed by atoms with Gasteiger partial charge in [0.1, 0.15) is 0 Å². The molecule has 0 radical (unpaired) electrons. The Hall–Kier alpha value is -3.61. The summed E-state index contributed by atoms with van der Waals surface area (Å²) in [6.45, 7) is 4.53. The Labute approximate surface area is 183 Å². The SMILES string of the molecule is Cc1c(C)n(Cc2cccc(C(F)(F)F)c2)c2ccc(C(=O)NCc3ccccn3)cc12. The standard InChI is InChI=1S/C25H22F3N3O/c1-16-17(2)31(15-18-6-5-7-20(12-18)25(26,27)28)23-10-9-19(13-22(16)23)24(32)30-14-21-8-3-4-11-29-21/h3-13H,14-15H2,1-2H3,(H,30,32). The lowest BCUT2D eigenvalue weighted by Crippen LogP contribution is -2.23. The number of carbonyl (C=O) groups excluding carboxylic acids is 1. The van der Waals surface area contributed by atoms with E-state index in [9.17, 15) is 18.0 Å². The normalized spacial score (nSPS) is 11.7. The average Bonchev–Trinajstić information content (AvgIpc) is 3.02. The molecule has 0 saturated carbocycles. The van der Waals surface area contributed by atoms with Crippen molar-refractivity contribution in [1.82, 2.24) is 14.9 Å². The van der Waals surface area contributed by atoms with Crippen LogP contribution >= 0.6 is 0 Å². The Morgan fingerprint density at radius 3 is 2.56 bits per heavy atom. The molecule has 0 unspecified atom stereocenters. The fourth-order valence-corrected chi connectivity index (χ4v) is 3.80. The van der Waals surface area contributed by atoms with Gasteiger partial charge in [0, 0.05) is 34.9 Å². The smallest absolute Gasteiger partial charge is 0.346 e. The molecule has 32 heavy (non-hydrogen) atoms. The van der Waals surface area contributed by atoms with Crippen LogP contribution in [-0.4, -0.2) is 15.5 Å². The molecule has 1 amide bonds. The molecule has 0 aliphatic rings. The molecule has 2 aromatic carbocycles. The van der Waals surface area contributed by atoms with Gasteiger partial charge in [-0.05, 0) is 67.4 Å². The Morgan fingerprint density at radius 2 is 1.84 bits per heavy atom. The molecule has 0 spiro atoms. The summed E-state index contributed by atoms with van der Waals surface area (Å²) in [5, 5.41) is 3.77. The van der Waals surface area contributed by atoms with Crippen molar-refractivity contribution < 1.29 is 18.0 Å². The Balaban J connectivity index is 1.61. The van der Waals surface area contributed by atoms with E-state index in [2.05, 4.69) is 10.3 Å². The molecule has 0 atom stereocenters. The number of aromatic nitrogens is 2. The first-order valence-electron chi connectivity index (χ1n) is 10.2. The summed E-state index contributed by atoms with van der Waals surface area (Å²) in [4.78, 5) is 16.8. The number of nitrogens with one attached hydrogen (secondary N) is 1. The number of rotatable bonds is 5. The molecule has 0 saturated heterocycles. The lowest BCUT2D eigenvalue weighted by Gasteiger charge is -2.12. The number of pyridine rings is 1. The van der Waals surface area contributed by atoms with E-state index in [4.69, 9.17) is 0 Å². The van der Waals surface area contributed by atoms with Crippen molar-refractivity contribution in [3.05, 3.63) is 101 Å². The third-order valence-electron chi connectivity index (χ3n) is 5.65. The second-order valence-electron chi connectivity index (χ2n) is 7.73. The van der Waals surface area contributed by atoms with Gasteiger partial charge < -0.3 is 9.88 Å². The number of nitrogens with zero attached hydrogens (tertiary/aromatic N) is 2. The molecule has 0 fully saturated rings. The summed E-state index contributed by atoms with van der Waals surface area (Å²) >= 11 is 0. The first-order valence-corrected chi connectivity index (χ1v) is 10.2. The van der Waals surface area contributed by atoms with Crippen molar-refractivity contribution in [3.8, 4) is 0 Å². The van der Waals surface area contributed by atoms with Crippen LogP contribution in [0, 0.1) is 13.8 Å². The number of aryl methyl sites for hydroxylation is 1. The number of hydrogen-bond acceptors (Lipinski definition) is 2. The highest BCUT2D eigenvalue weighted by molar-refractivity contribution is 5.99. The van der Waals surface area contributed by atoms with Crippen LogP contribution in [0.15, 0.2) is 66.9 Å². The van der Waals surface area contributed by atoms with E-state index in [1.165, 1.54) is 12.1 Å². The van der Waals surface area contributed by atoms with E-state index in [1.807, 2.05) is 48.7 Å². The Morgan fingerprint density at radius 1 is 1.03 bits per heavy atom. The van der Waals surface area contributed by atoms with Crippen molar-refractivity contribution in [2.45, 2.75) is 33.1 Å². The van der Waals surface area contributed by atoms with Gasteiger partial charge in [-0.1, -0.05) is 18.2 Å². The van der Waals surface area contributed by atoms with Crippen molar-refractivity contribution in [3.63, 3.8) is 0 Å². The van der Waals surface area contributed by atoms with Gasteiger partial charge in [-0.25, -0.2) is 0 Å². The fourth-order valence-electron chi connectivity index (χ4n) is 3.80. The molecule has 4 nitrogen and oxygen atoms in total. The van der Waals surface area contributed by atoms with E-state index in [-0.39, 0.29) is 5.91 Å². The minimum atomic E-state index is -4.38. The fraction of sp³-hybridized carbons (Fsp3) is 0.200. The maximum absolute atomic E-state index is 13.1. The quantitative estimate of drug-likeness (QED) is 0.439. The zero-order valence-electron chi connectivity index (χ0n) is 17.7. The van der Waals surface area contributed by atoms with Crippen molar-refractivity contribution in [1.29, 1.82) is 0 Å². The molecule has 4 aromatic rings. The summed E-state index contributed by atoms with van der Waals surface area (Å²) < 4.78 is 41.2. The van der Waals surface area contributed by atoms with Gasteiger partial charge in [-0.2, -0.15) is 13.2 Å². The summed E-state index contributed by atoms with van der Waals surface area (Å²) in [5.41, 5.74) is 4.01. The highest BCUT2D eigenvalue weighted by Crippen LogP contribution is 2.31. The lowest BCUT2D eigenvalue weighted by molar-refractivity contribution is -0.137. The number of benzene rings is 2. The van der Waals surface area contributed by atoms with Gasteiger partial charge in [0.25, 0.3) is 5.91 Å². The third-order valence-corrected chi connectivity index (χ3v) is 5.65. The van der Waals surface area contributed by atoms with Crippen LogP contribution in [0.4, 0.5) is 13.2 Å². The molecule has 2 heterocycles. The first kappa shape index (κ1) is 21.6. The van der Waals surface area contributed by atoms with Crippen LogP contribution in [0.1, 0.15) is 38.4 Å². The number of alkyl halides is 3. The molecule has 4 rings (SSSR count). The molecule has 0 bridgehead atoms. The van der Waals surface area contributed by atoms with E-state index >= 15 is 0 Å². The predicted molar refractivity (Wildman–Crippen MR) is 117 cm³/mol. The van der Waals surface area contributed by atoms with Crippen LogP contribution in [0.5, 0.6) is 0 Å². The average molecular weight is 437 g/mol. The zero-order chi connectivity index (χ0) is 22.9. The molecule has 2 aromatic heterocycles. The maximum atomic E-state index is 13.1. The minimum Gasteiger partial charge on any atom is -0.346 e. The van der Waals surface area contributed by atoms with Gasteiger partial charge in [-0.3, -0.25) is 9.78 Å². The van der Waals surface area contributed by atoms with Gasteiger partial charge in [0.15, 0.2) is 0 Å². The van der Waals surface area contributed by atoms with E-state index in [1.54, 1.807) is 18.3 Å². The van der Waals surface area contributed by atoms with Crippen molar-refractivity contribution in [2.75, 3.05) is 0 Å². The third kappa shape index (κ3) is 4.37. The molecule has 0 aliphatic carbocycles. The van der Waals surface area contributed by atoms with Crippen LogP contribution in [0.25, 0.3) is 10.9 Å². The second kappa shape index (κ2) is 8.49. The largest absolute Gasteiger partial charge is 0.416 e. The first-order chi connectivity index (χ1) is 15.2. The zero-order valence-corrected chi connectivity index (χ0v) is 17.7. The predicted octanol–water partition coefficient (Wildman–Crippen LogP) is 5.65. The Bertz CT molecular complexity index is 1280. The van der Waals surface area contributed by atoms with Crippen LogP contribution in [-0.2, 0) is 19.3 Å². The van der Waals surface area contributed by atoms with Gasteiger partial charge in [0.05, 0.1) is 17.8 Å². The highest BCUT2D eigenvalue weighted by atomic mass is 19.4. The molecular formula is C25H22F3N3O. The highest BCUT2D eigenvalue weighted by Gasteiger charge is 2.30. The summed E-state index contributed by atoms with van der Waals surface area (Å²) in [6.07, 6.45) is -2.70. The van der Waals surface area contributed by atoms with Gasteiger partial charge >= 0.3 is 6.18 Å². The van der Waals surface area contributed by atoms with E-state index in [0.717, 1.165) is 33.9 Å². The second-order valence-corrected chi connectivity index (χ2v) is 7.73. The van der Waals surface area contributed by atoms with Crippen LogP contribution in [0.2, 0.25) is 0 Å². The monoisotopic (exact) mass is 437 g/mol. The van der Waals surface area contributed by atoms with Gasteiger partial charge in [-0.15, -0.1) is 0 Å². The van der Waals surface area contributed by atoms with E-state index < -0.39 is 11.7 Å². The number of fused-ring (bicyclic) bond motifs is 1. The molecular weight excluding hydrogens is 415 g/mol. The molecule has 164 valence electrons. The Kier molecular flexibility index (Phi) is 5.74. The topological polar surface area (TPSA) is 46.9 Å². The minimum absolute atomic E-state index is 0.208. The molecule has 0 aliphatic heterocycles. The summed E-state index contributed by atoms with van der Waals surface area (Å²) in [7, 11) is 0. The van der Waals surface area contributed by atoms with Crippen LogP contribution < -0.4 is 5.32 Å². The summed E-state index contributed by atoms with van der Waals surface area (Å²) in [6, 6.07) is 16.3. The molecule has 1 N–H and O–H groups in total. The summed E-state index contributed by atoms with van der Waals surface area (Å²) in [5.74, 6) is -0.208. The number of halogens is 3. The van der Waals surface area contributed by atoms with Crippen molar-refractivity contribution in [2.24, 2.45) is 0 Å². The maximum Gasteiger partial charge on any atom is 0.416 e. The number of carbonyl (C=O) groups is 1.